The first-order valence-corrected chi connectivity index (χ1v) is 7.36. The van der Waals surface area contributed by atoms with Gasteiger partial charge in [0.05, 0.1) is 16.6 Å². The largest absolute Gasteiger partial charge is 0.480 e. The zero-order valence-corrected chi connectivity index (χ0v) is 13.0. The zero-order valence-electron chi connectivity index (χ0n) is 11.5. The zero-order chi connectivity index (χ0) is 15.6. The van der Waals surface area contributed by atoms with Gasteiger partial charge in [-0.25, -0.2) is 0 Å². The van der Waals surface area contributed by atoms with Crippen LogP contribution in [-0.2, 0) is 9.59 Å². The van der Waals surface area contributed by atoms with Crippen LogP contribution in [0.3, 0.4) is 0 Å². The van der Waals surface area contributed by atoms with Crippen molar-refractivity contribution in [3.8, 4) is 0 Å². The second-order valence-electron chi connectivity index (χ2n) is 5.20. The molecule has 2 atom stereocenters. The quantitative estimate of drug-likeness (QED) is 0.890. The smallest absolute Gasteiger partial charge is 0.321 e. The lowest BCUT2D eigenvalue weighted by Crippen LogP contribution is -2.43. The molecule has 0 spiro atoms. The number of carboxylic acid groups (broad SMARTS) is 1. The fourth-order valence-corrected chi connectivity index (χ4v) is 2.86. The first kappa shape index (κ1) is 16.1. The van der Waals surface area contributed by atoms with E-state index < -0.39 is 12.0 Å². The molecule has 1 amide bonds. The van der Waals surface area contributed by atoms with Crippen LogP contribution in [0.4, 0.5) is 5.69 Å². The number of nitrogens with zero attached hydrogens (tertiary/aromatic N) is 1. The number of carbonyl (C=O) groups is 2. The molecular weight excluding hydrogens is 315 g/mol. The molecule has 2 rings (SSSR count). The number of carboxylic acids is 1. The van der Waals surface area contributed by atoms with Crippen molar-refractivity contribution in [1.82, 2.24) is 4.90 Å². The normalized spacial score (nSPS) is 22.2. The summed E-state index contributed by atoms with van der Waals surface area (Å²) >= 11 is 11.7. The molecule has 0 aliphatic carbocycles. The summed E-state index contributed by atoms with van der Waals surface area (Å²) in [7, 11) is 0. The number of hydrogen-bond acceptors (Lipinski definition) is 3. The Bertz CT molecular complexity index is 565. The molecule has 1 aliphatic rings. The number of hydrogen-bond donors (Lipinski definition) is 2. The molecule has 7 heteroatoms. The molecule has 1 fully saturated rings. The number of anilines is 1. The summed E-state index contributed by atoms with van der Waals surface area (Å²) in [4.78, 5) is 24.9. The van der Waals surface area contributed by atoms with Crippen molar-refractivity contribution in [2.75, 3.05) is 18.4 Å². The maximum atomic E-state index is 12.0. The number of amides is 1. The highest BCUT2D eigenvalue weighted by Crippen LogP contribution is 2.26. The maximum Gasteiger partial charge on any atom is 0.321 e. The third-order valence-electron chi connectivity index (χ3n) is 3.61. The van der Waals surface area contributed by atoms with Gasteiger partial charge in [-0.05, 0) is 37.1 Å². The summed E-state index contributed by atoms with van der Waals surface area (Å²) in [6.45, 7) is 2.53. The fourth-order valence-electron chi connectivity index (χ4n) is 2.56. The molecule has 5 nitrogen and oxygen atoms in total. The highest BCUT2D eigenvalue weighted by molar-refractivity contribution is 6.42. The highest BCUT2D eigenvalue weighted by Gasteiger charge is 2.37. The van der Waals surface area contributed by atoms with Gasteiger partial charge in [0.2, 0.25) is 5.91 Å². The van der Waals surface area contributed by atoms with Gasteiger partial charge >= 0.3 is 5.97 Å². The van der Waals surface area contributed by atoms with Gasteiger partial charge in [0.25, 0.3) is 0 Å². The van der Waals surface area contributed by atoms with Crippen LogP contribution in [0.1, 0.15) is 13.3 Å². The molecule has 114 valence electrons. The molecule has 1 aromatic rings. The minimum absolute atomic E-state index is 0.0419. The maximum absolute atomic E-state index is 12.0. The number of benzene rings is 1. The first-order chi connectivity index (χ1) is 9.88. The van der Waals surface area contributed by atoms with Crippen molar-refractivity contribution in [3.63, 3.8) is 0 Å². The molecule has 0 aromatic heterocycles. The van der Waals surface area contributed by atoms with Gasteiger partial charge in [0, 0.05) is 5.69 Å². The average molecular weight is 331 g/mol. The van der Waals surface area contributed by atoms with Crippen LogP contribution >= 0.6 is 23.2 Å². The van der Waals surface area contributed by atoms with E-state index in [-0.39, 0.29) is 18.4 Å². The second kappa shape index (κ2) is 6.64. The topological polar surface area (TPSA) is 69.6 Å². The molecule has 0 saturated carbocycles. The second-order valence-corrected chi connectivity index (χ2v) is 6.01. The third-order valence-corrected chi connectivity index (χ3v) is 4.35. The van der Waals surface area contributed by atoms with Crippen molar-refractivity contribution < 1.29 is 14.7 Å². The number of likely N-dealkylation sites (tertiary alicyclic amines) is 1. The van der Waals surface area contributed by atoms with Crippen LogP contribution < -0.4 is 5.32 Å². The summed E-state index contributed by atoms with van der Waals surface area (Å²) in [6, 6.07) is 4.19. The standard InChI is InChI=1S/C14H16Cl2N2O3/c1-8-4-5-18(13(8)14(20)21)7-12(19)17-9-2-3-10(15)11(16)6-9/h2-3,6,8,13H,4-5,7H2,1H3,(H,17,19)(H,20,21). The summed E-state index contributed by atoms with van der Waals surface area (Å²) in [6.07, 6.45) is 0.775. The molecule has 0 radical (unpaired) electrons. The highest BCUT2D eigenvalue weighted by atomic mass is 35.5. The predicted octanol–water partition coefficient (Wildman–Crippen LogP) is 2.73. The minimum Gasteiger partial charge on any atom is -0.480 e. The molecule has 1 saturated heterocycles. The van der Waals surface area contributed by atoms with Crippen molar-refractivity contribution in [1.29, 1.82) is 0 Å². The Morgan fingerprint density at radius 3 is 2.71 bits per heavy atom. The Balaban J connectivity index is 1.98. The Morgan fingerprint density at radius 1 is 1.38 bits per heavy atom. The van der Waals surface area contributed by atoms with Gasteiger partial charge in [0.1, 0.15) is 6.04 Å². The summed E-state index contributed by atoms with van der Waals surface area (Å²) < 4.78 is 0. The van der Waals surface area contributed by atoms with Gasteiger partial charge < -0.3 is 10.4 Å². The van der Waals surface area contributed by atoms with Gasteiger partial charge in [-0.15, -0.1) is 0 Å². The number of halogens is 2. The van der Waals surface area contributed by atoms with Gasteiger partial charge in [-0.2, -0.15) is 0 Å². The van der Waals surface area contributed by atoms with E-state index >= 15 is 0 Å². The van der Waals surface area contributed by atoms with Crippen molar-refractivity contribution in [2.24, 2.45) is 5.92 Å². The lowest BCUT2D eigenvalue weighted by Gasteiger charge is -2.22. The number of carbonyl (C=O) groups excluding carboxylic acids is 1. The summed E-state index contributed by atoms with van der Waals surface area (Å²) in [5.41, 5.74) is 0.536. The van der Waals surface area contributed by atoms with E-state index in [2.05, 4.69) is 5.32 Å². The van der Waals surface area contributed by atoms with Crippen molar-refractivity contribution in [3.05, 3.63) is 28.2 Å². The SMILES string of the molecule is CC1CCN(CC(=O)Nc2ccc(Cl)c(Cl)c2)C1C(=O)O. The lowest BCUT2D eigenvalue weighted by atomic mass is 10.0. The number of rotatable bonds is 4. The Hall–Kier alpha value is -1.30. The molecule has 1 aromatic carbocycles. The van der Waals surface area contributed by atoms with E-state index in [0.29, 0.717) is 22.3 Å². The number of aliphatic carboxylic acids is 1. The Labute approximate surface area is 132 Å². The van der Waals surface area contributed by atoms with E-state index in [9.17, 15) is 14.7 Å². The molecule has 1 aliphatic heterocycles. The van der Waals surface area contributed by atoms with E-state index in [0.717, 1.165) is 6.42 Å². The van der Waals surface area contributed by atoms with E-state index in [1.165, 1.54) is 0 Å². The Morgan fingerprint density at radius 2 is 2.10 bits per heavy atom. The molecule has 1 heterocycles. The van der Waals surface area contributed by atoms with Gasteiger partial charge in [0.15, 0.2) is 0 Å². The molecule has 2 unspecified atom stereocenters. The van der Waals surface area contributed by atoms with Crippen LogP contribution in [0.5, 0.6) is 0 Å². The average Bonchev–Trinajstić information content (AvgIpc) is 2.75. The molecular formula is C14H16Cl2N2O3. The van der Waals surface area contributed by atoms with Crippen LogP contribution in [0.15, 0.2) is 18.2 Å². The predicted molar refractivity (Wildman–Crippen MR) is 81.9 cm³/mol. The molecule has 21 heavy (non-hydrogen) atoms. The Kier molecular flexibility index (Phi) is 5.08. The minimum atomic E-state index is -0.887. The van der Waals surface area contributed by atoms with E-state index in [1.54, 1.807) is 23.1 Å². The summed E-state index contributed by atoms with van der Waals surface area (Å²) in [5.74, 6) is -1.11. The van der Waals surface area contributed by atoms with Crippen LogP contribution in [-0.4, -0.2) is 41.0 Å². The summed E-state index contributed by atoms with van der Waals surface area (Å²) in [5, 5.41) is 12.7. The molecule has 0 bridgehead atoms. The van der Waals surface area contributed by atoms with E-state index in [1.807, 2.05) is 6.92 Å². The monoisotopic (exact) mass is 330 g/mol. The lowest BCUT2D eigenvalue weighted by molar-refractivity contribution is -0.143. The van der Waals surface area contributed by atoms with Crippen LogP contribution in [0.2, 0.25) is 10.0 Å². The van der Waals surface area contributed by atoms with Crippen molar-refractivity contribution in [2.45, 2.75) is 19.4 Å². The fraction of sp³-hybridized carbons (Fsp3) is 0.429. The molecule has 2 N–H and O–H groups in total. The van der Waals surface area contributed by atoms with Gasteiger partial charge in [-0.3, -0.25) is 14.5 Å². The van der Waals surface area contributed by atoms with Crippen LogP contribution in [0, 0.1) is 5.92 Å². The van der Waals surface area contributed by atoms with Crippen LogP contribution in [0.25, 0.3) is 0 Å². The van der Waals surface area contributed by atoms with Gasteiger partial charge in [-0.1, -0.05) is 30.1 Å². The van der Waals surface area contributed by atoms with Crippen molar-refractivity contribution >= 4 is 40.8 Å². The first-order valence-electron chi connectivity index (χ1n) is 6.60. The number of nitrogens with one attached hydrogen (secondary N) is 1. The van der Waals surface area contributed by atoms with E-state index in [4.69, 9.17) is 23.2 Å². The third kappa shape index (κ3) is 3.87.